The summed E-state index contributed by atoms with van der Waals surface area (Å²) < 4.78 is 3.91. The summed E-state index contributed by atoms with van der Waals surface area (Å²) in [6, 6.07) is 16.0. The van der Waals surface area contributed by atoms with Crippen molar-refractivity contribution in [2.24, 2.45) is 5.73 Å². The number of nitrogens with two attached hydrogens (primary N) is 2. The largest absolute Gasteiger partial charge is 0.395 e. The summed E-state index contributed by atoms with van der Waals surface area (Å²) in [7, 11) is 0. The van der Waals surface area contributed by atoms with Gasteiger partial charge in [0.15, 0.2) is 5.69 Å². The molecule has 9 heteroatoms. The van der Waals surface area contributed by atoms with E-state index in [0.717, 1.165) is 29.1 Å². The molecule has 1 heterocycles. The van der Waals surface area contributed by atoms with Crippen LogP contribution in [-0.2, 0) is 17.8 Å². The van der Waals surface area contributed by atoms with Crippen molar-refractivity contribution in [2.75, 3.05) is 10.6 Å². The molecule has 8 nitrogen and oxygen atoms in total. The highest BCUT2D eigenvalue weighted by molar-refractivity contribution is 7.09. The van der Waals surface area contributed by atoms with Crippen LogP contribution in [0.15, 0.2) is 54.6 Å². The molecule has 2 aromatic carbocycles. The van der Waals surface area contributed by atoms with Crippen LogP contribution in [0.1, 0.15) is 45.1 Å². The number of carbonyl (C=O) groups excluding carboxylic acids is 3. The van der Waals surface area contributed by atoms with Gasteiger partial charge in [-0.1, -0.05) is 49.4 Å². The molecule has 1 unspecified atom stereocenters. The number of aromatic nitrogens is 1. The summed E-state index contributed by atoms with van der Waals surface area (Å²) in [5.41, 5.74) is 13.6. The Hall–Kier alpha value is -3.72. The number of aryl methyl sites for hydroxylation is 1. The van der Waals surface area contributed by atoms with Crippen LogP contribution in [0, 0.1) is 0 Å². The fourth-order valence-electron chi connectivity index (χ4n) is 3.20. The number of amides is 3. The molecule has 0 bridgehead atoms. The topological polar surface area (TPSA) is 131 Å². The van der Waals surface area contributed by atoms with Gasteiger partial charge in [0, 0.05) is 12.2 Å². The van der Waals surface area contributed by atoms with E-state index >= 15 is 0 Å². The van der Waals surface area contributed by atoms with Gasteiger partial charge in [0.05, 0.1) is 5.69 Å². The Bertz CT molecular complexity index is 1110. The molecule has 0 spiro atoms. The number of anilines is 2. The first kappa shape index (κ1) is 23.0. The van der Waals surface area contributed by atoms with Crippen LogP contribution < -0.4 is 21.7 Å². The van der Waals surface area contributed by atoms with E-state index in [1.807, 2.05) is 49.4 Å². The smallest absolute Gasteiger partial charge is 0.272 e. The molecule has 0 radical (unpaired) electrons. The minimum absolute atomic E-state index is 0.0566. The van der Waals surface area contributed by atoms with Crippen molar-refractivity contribution in [2.45, 2.75) is 32.9 Å². The normalized spacial score (nSPS) is 11.6. The number of hydrogen-bond acceptors (Lipinski definition) is 6. The van der Waals surface area contributed by atoms with E-state index in [0.29, 0.717) is 12.2 Å². The first-order valence-corrected chi connectivity index (χ1v) is 10.9. The van der Waals surface area contributed by atoms with Crippen LogP contribution in [0.3, 0.4) is 0 Å². The van der Waals surface area contributed by atoms with E-state index in [1.54, 1.807) is 19.1 Å². The summed E-state index contributed by atoms with van der Waals surface area (Å²) in [4.78, 5) is 39.4. The van der Waals surface area contributed by atoms with E-state index in [4.69, 9.17) is 11.5 Å². The lowest BCUT2D eigenvalue weighted by Crippen LogP contribution is -2.48. The Labute approximate surface area is 190 Å². The summed E-state index contributed by atoms with van der Waals surface area (Å²) in [6.45, 7) is 3.99. The predicted molar refractivity (Wildman–Crippen MR) is 125 cm³/mol. The average molecular weight is 452 g/mol. The quantitative estimate of drug-likeness (QED) is 0.485. The predicted octanol–water partition coefficient (Wildman–Crippen LogP) is 2.74. The molecule has 0 fully saturated rings. The van der Waals surface area contributed by atoms with Gasteiger partial charge in [-0.25, -0.2) is 0 Å². The van der Waals surface area contributed by atoms with Crippen LogP contribution in [0.5, 0.6) is 0 Å². The maximum Gasteiger partial charge on any atom is 0.272 e. The second kappa shape index (κ2) is 10.1. The van der Waals surface area contributed by atoms with Crippen molar-refractivity contribution >= 4 is 40.6 Å². The minimum atomic E-state index is -0.850. The summed E-state index contributed by atoms with van der Waals surface area (Å²) in [5, 5.41) is 2.87. The van der Waals surface area contributed by atoms with Crippen molar-refractivity contribution in [1.82, 2.24) is 9.69 Å². The molecule has 1 atom stereocenters. The number of nitrogen functional groups attached to an aromatic ring is 1. The fraction of sp³-hybridized carbons (Fsp3) is 0.217. The lowest BCUT2D eigenvalue weighted by molar-refractivity contribution is -0.122. The summed E-state index contributed by atoms with van der Waals surface area (Å²) in [5.74, 6) is -1.68. The number of hydrogen-bond donors (Lipinski definition) is 3. The van der Waals surface area contributed by atoms with Crippen molar-refractivity contribution < 1.29 is 14.4 Å². The van der Waals surface area contributed by atoms with Crippen molar-refractivity contribution in [3.8, 4) is 0 Å². The van der Waals surface area contributed by atoms with E-state index in [1.165, 1.54) is 4.90 Å². The third-order valence-corrected chi connectivity index (χ3v) is 5.92. The Balaban J connectivity index is 1.91. The fourth-order valence-corrected chi connectivity index (χ4v) is 3.94. The number of benzene rings is 2. The molecule has 166 valence electrons. The Morgan fingerprint density at radius 3 is 2.28 bits per heavy atom. The molecule has 3 rings (SSSR count). The maximum atomic E-state index is 13.5. The molecule has 1 aromatic heterocycles. The zero-order valence-corrected chi connectivity index (χ0v) is 18.7. The second-order valence-electron chi connectivity index (χ2n) is 7.21. The van der Waals surface area contributed by atoms with Gasteiger partial charge in [0.2, 0.25) is 5.91 Å². The average Bonchev–Trinajstić information content (AvgIpc) is 3.20. The maximum absolute atomic E-state index is 13.5. The van der Waals surface area contributed by atoms with Crippen molar-refractivity contribution in [1.29, 1.82) is 0 Å². The molecular formula is C23H25N5O3S. The summed E-state index contributed by atoms with van der Waals surface area (Å²) >= 11 is 0.784. The number of nitrogens with zero attached hydrogens (tertiary/aromatic N) is 2. The van der Waals surface area contributed by atoms with Gasteiger partial charge in [-0.3, -0.25) is 19.3 Å². The third kappa shape index (κ3) is 4.94. The zero-order valence-electron chi connectivity index (χ0n) is 17.9. The highest BCUT2D eigenvalue weighted by atomic mass is 32.1. The SMILES string of the molecule is CCc1ccc(N(C(=O)c2snc(C(N)=O)c2N)C(C)C(=O)NCc2ccccc2)cc1. The van der Waals surface area contributed by atoms with Gasteiger partial charge in [-0.15, -0.1) is 0 Å². The van der Waals surface area contributed by atoms with Crippen molar-refractivity contribution in [3.63, 3.8) is 0 Å². The van der Waals surface area contributed by atoms with Crippen LogP contribution in [-0.4, -0.2) is 28.1 Å². The van der Waals surface area contributed by atoms with Crippen LogP contribution in [0.4, 0.5) is 11.4 Å². The van der Waals surface area contributed by atoms with Crippen LogP contribution in [0.2, 0.25) is 0 Å². The Morgan fingerprint density at radius 2 is 1.72 bits per heavy atom. The lowest BCUT2D eigenvalue weighted by atomic mass is 10.1. The van der Waals surface area contributed by atoms with Gasteiger partial charge in [-0.05, 0) is 48.1 Å². The second-order valence-corrected chi connectivity index (χ2v) is 7.99. The molecule has 3 aromatic rings. The van der Waals surface area contributed by atoms with E-state index in [9.17, 15) is 14.4 Å². The number of carbonyl (C=O) groups is 3. The van der Waals surface area contributed by atoms with Crippen LogP contribution in [0.25, 0.3) is 0 Å². The van der Waals surface area contributed by atoms with Gasteiger partial charge in [-0.2, -0.15) is 4.37 Å². The molecule has 5 N–H and O–H groups in total. The monoisotopic (exact) mass is 451 g/mol. The molecule has 3 amide bonds. The first-order chi connectivity index (χ1) is 15.3. The van der Waals surface area contributed by atoms with Gasteiger partial charge < -0.3 is 16.8 Å². The van der Waals surface area contributed by atoms with Crippen LogP contribution >= 0.6 is 11.5 Å². The molecule has 32 heavy (non-hydrogen) atoms. The molecule has 0 aliphatic heterocycles. The molecule has 0 saturated carbocycles. The van der Waals surface area contributed by atoms with Gasteiger partial charge >= 0.3 is 0 Å². The first-order valence-electron chi connectivity index (χ1n) is 10.1. The summed E-state index contributed by atoms with van der Waals surface area (Å²) in [6.07, 6.45) is 0.838. The highest BCUT2D eigenvalue weighted by Crippen LogP contribution is 2.28. The standard InChI is InChI=1S/C23H25N5O3S/c1-3-15-9-11-17(12-10-15)28(23(31)20-18(24)19(21(25)29)27-32-20)14(2)22(30)26-13-16-7-5-4-6-8-16/h4-12,14H,3,13,24H2,1-2H3,(H2,25,29)(H,26,30). The zero-order chi connectivity index (χ0) is 23.3. The number of nitrogens with one attached hydrogen (secondary N) is 1. The molecule has 0 aliphatic rings. The van der Waals surface area contributed by atoms with E-state index < -0.39 is 17.9 Å². The van der Waals surface area contributed by atoms with Gasteiger partial charge in [0.1, 0.15) is 10.9 Å². The highest BCUT2D eigenvalue weighted by Gasteiger charge is 2.32. The number of rotatable bonds is 8. The Morgan fingerprint density at radius 1 is 1.06 bits per heavy atom. The van der Waals surface area contributed by atoms with E-state index in [-0.39, 0.29) is 22.2 Å². The Kier molecular flexibility index (Phi) is 7.21. The molecular weight excluding hydrogens is 426 g/mol. The molecule has 0 aliphatic carbocycles. The minimum Gasteiger partial charge on any atom is -0.395 e. The molecule has 0 saturated heterocycles. The van der Waals surface area contributed by atoms with Crippen molar-refractivity contribution in [3.05, 3.63) is 76.3 Å². The third-order valence-electron chi connectivity index (χ3n) is 5.07. The lowest BCUT2D eigenvalue weighted by Gasteiger charge is -2.28. The van der Waals surface area contributed by atoms with Gasteiger partial charge in [0.25, 0.3) is 11.8 Å². The number of primary amides is 1. The van der Waals surface area contributed by atoms with E-state index in [2.05, 4.69) is 9.69 Å².